The molecule has 0 saturated heterocycles. The summed E-state index contributed by atoms with van der Waals surface area (Å²) >= 11 is 0. The van der Waals surface area contributed by atoms with Crippen LogP contribution in [0.1, 0.15) is 67.5 Å². The third kappa shape index (κ3) is 10.4. The van der Waals surface area contributed by atoms with Crippen molar-refractivity contribution in [1.82, 2.24) is 30.8 Å². The van der Waals surface area contributed by atoms with Crippen LogP contribution in [-0.4, -0.2) is 69.1 Å². The van der Waals surface area contributed by atoms with E-state index in [1.54, 1.807) is 0 Å². The van der Waals surface area contributed by atoms with Crippen LogP contribution in [0.3, 0.4) is 0 Å². The largest absolute Gasteiger partial charge is 0.370 e. The summed E-state index contributed by atoms with van der Waals surface area (Å²) in [5.74, 6) is 2.92. The fourth-order valence-electron chi connectivity index (χ4n) is 4.98. The van der Waals surface area contributed by atoms with Gasteiger partial charge >= 0.3 is 0 Å². The number of amides is 4. The highest BCUT2D eigenvalue weighted by Gasteiger charge is 2.31. The van der Waals surface area contributed by atoms with Crippen molar-refractivity contribution in [2.75, 3.05) is 12.4 Å². The van der Waals surface area contributed by atoms with Gasteiger partial charge in [0, 0.05) is 13.0 Å². The number of aromatic nitrogens is 3. The van der Waals surface area contributed by atoms with Crippen molar-refractivity contribution >= 4 is 29.6 Å². The minimum absolute atomic E-state index is 0.0968. The van der Waals surface area contributed by atoms with Crippen molar-refractivity contribution in [2.45, 2.75) is 75.9 Å². The molecule has 42 heavy (non-hydrogen) atoms. The van der Waals surface area contributed by atoms with E-state index in [1.807, 2.05) is 30.3 Å². The Morgan fingerprint density at radius 2 is 1.60 bits per heavy atom. The molecule has 3 rings (SSSR count). The molecule has 15 heteroatoms. The van der Waals surface area contributed by atoms with E-state index in [2.05, 4.69) is 31.0 Å². The molecule has 2 aromatic rings. The normalized spacial score (nSPS) is 15.5. The Hall–Kier alpha value is -4.69. The van der Waals surface area contributed by atoms with Crippen molar-refractivity contribution in [3.05, 3.63) is 48.0 Å². The maximum absolute atomic E-state index is 13.6. The molecule has 0 aliphatic heterocycles. The topological polar surface area (TPSA) is 252 Å². The van der Waals surface area contributed by atoms with Crippen LogP contribution in [0, 0.1) is 5.92 Å². The van der Waals surface area contributed by atoms with Gasteiger partial charge in [-0.15, -0.1) is 5.10 Å². The number of carbonyl (C=O) groups excluding carboxylic acids is 4. The predicted molar refractivity (Wildman–Crippen MR) is 156 cm³/mol. The Balaban J connectivity index is 1.76. The molecule has 1 aliphatic carbocycles. The van der Waals surface area contributed by atoms with E-state index in [-0.39, 0.29) is 37.1 Å². The number of benzene rings is 1. The smallest absolute Gasteiger partial charge is 0.291 e. The van der Waals surface area contributed by atoms with Crippen molar-refractivity contribution in [3.8, 4) is 0 Å². The first-order chi connectivity index (χ1) is 20.1. The Morgan fingerprint density at radius 1 is 0.929 bits per heavy atom. The van der Waals surface area contributed by atoms with Crippen molar-refractivity contribution in [3.63, 3.8) is 0 Å². The molecule has 15 nitrogen and oxygen atoms in total. The number of nitrogens with one attached hydrogen (secondary N) is 3. The summed E-state index contributed by atoms with van der Waals surface area (Å²) in [4.78, 5) is 60.8. The van der Waals surface area contributed by atoms with Crippen molar-refractivity contribution in [2.24, 2.45) is 28.1 Å². The van der Waals surface area contributed by atoms with E-state index < -0.39 is 41.8 Å². The number of nitrogens with zero attached hydrogens (tertiary/aromatic N) is 4. The highest BCUT2D eigenvalue weighted by molar-refractivity contribution is 5.96. The lowest BCUT2D eigenvalue weighted by Gasteiger charge is -2.28. The molecule has 0 unspecified atom stereocenters. The minimum atomic E-state index is -1.06. The van der Waals surface area contributed by atoms with Crippen LogP contribution in [0.5, 0.6) is 0 Å². The number of hydrogen-bond acceptors (Lipinski definition) is 8. The second-order valence-corrected chi connectivity index (χ2v) is 10.5. The van der Waals surface area contributed by atoms with Crippen LogP contribution in [0.25, 0.3) is 0 Å². The monoisotopic (exact) mass is 583 g/mol. The molecule has 1 aromatic heterocycles. The average molecular weight is 584 g/mol. The molecule has 4 amide bonds. The Labute approximate surface area is 244 Å². The lowest BCUT2D eigenvalue weighted by molar-refractivity contribution is -0.132. The van der Waals surface area contributed by atoms with Crippen LogP contribution in [-0.2, 0) is 20.8 Å². The maximum Gasteiger partial charge on any atom is 0.291 e. The van der Waals surface area contributed by atoms with E-state index in [1.165, 1.54) is 6.33 Å². The molecule has 1 aromatic carbocycles. The number of carbonyl (C=O) groups is 4. The fraction of sp³-hybridized carbons (Fsp3) is 0.519. The Bertz CT molecular complexity index is 1220. The van der Waals surface area contributed by atoms with E-state index >= 15 is 0 Å². The molecular formula is C27H41N11O4. The highest BCUT2D eigenvalue weighted by atomic mass is 16.2. The number of nitrogens with two attached hydrogens (primary N) is 4. The lowest BCUT2D eigenvalue weighted by atomic mass is 9.84. The van der Waals surface area contributed by atoms with Crippen molar-refractivity contribution < 1.29 is 19.2 Å². The SMILES string of the molecule is NC(=O)[C@H](Cc1ccccc1)NC(=O)[C@H](CCCN=C(N)N)NC(=O)[C@H](CC1CCCCC1)NC(=O)c1ncn(N)n1. The molecule has 0 bridgehead atoms. The van der Waals surface area contributed by atoms with Crippen molar-refractivity contribution in [1.29, 1.82) is 0 Å². The summed E-state index contributed by atoms with van der Waals surface area (Å²) in [7, 11) is 0. The summed E-state index contributed by atoms with van der Waals surface area (Å²) in [6, 6.07) is 6.07. The standard InChI is InChI=1S/C27H41N11O4/c28-22(39)20(14-17-8-3-1-4-9-17)35-24(40)19(12-7-13-32-27(29)30)34-25(41)21(15-18-10-5-2-6-11-18)36-26(42)23-33-16-38(31)37-23/h1,3-4,8-9,16,18-21H,2,5-7,10-15,31H2,(H2,28,39)(H,34,41)(H,35,40)(H,36,42)(H4,29,30,32)/t19-,20-,21-/m0/s1. The van der Waals surface area contributed by atoms with E-state index in [0.29, 0.717) is 12.8 Å². The molecule has 1 heterocycles. The molecule has 1 aliphatic rings. The zero-order valence-corrected chi connectivity index (χ0v) is 23.6. The minimum Gasteiger partial charge on any atom is -0.370 e. The first-order valence-corrected chi connectivity index (χ1v) is 14.1. The predicted octanol–water partition coefficient (Wildman–Crippen LogP) is -1.19. The zero-order chi connectivity index (χ0) is 30.5. The van der Waals surface area contributed by atoms with Crippen LogP contribution in [0.15, 0.2) is 41.7 Å². The van der Waals surface area contributed by atoms with Gasteiger partial charge in [-0.2, -0.15) is 4.79 Å². The van der Waals surface area contributed by atoms with Gasteiger partial charge in [0.1, 0.15) is 24.5 Å². The van der Waals surface area contributed by atoms with Gasteiger partial charge in [-0.3, -0.25) is 24.2 Å². The summed E-state index contributed by atoms with van der Waals surface area (Å²) in [5.41, 5.74) is 17.2. The van der Waals surface area contributed by atoms with Crippen LogP contribution < -0.4 is 39.0 Å². The Kier molecular flexibility index (Phi) is 12.1. The molecule has 11 N–H and O–H groups in total. The molecule has 0 radical (unpaired) electrons. The molecule has 0 spiro atoms. The zero-order valence-electron chi connectivity index (χ0n) is 23.6. The fourth-order valence-corrected chi connectivity index (χ4v) is 4.98. The van der Waals surface area contributed by atoms with Gasteiger partial charge in [0.15, 0.2) is 5.96 Å². The number of hydrogen-bond donors (Lipinski definition) is 7. The molecule has 3 atom stereocenters. The molecule has 1 fully saturated rings. The van der Waals surface area contributed by atoms with Gasteiger partial charge < -0.3 is 39.0 Å². The molecule has 228 valence electrons. The third-order valence-corrected chi connectivity index (χ3v) is 7.15. The van der Waals surface area contributed by atoms with Crippen LogP contribution >= 0.6 is 0 Å². The molecular weight excluding hydrogens is 542 g/mol. The maximum atomic E-state index is 13.6. The third-order valence-electron chi connectivity index (χ3n) is 7.15. The van der Waals surface area contributed by atoms with Gasteiger partial charge in [0.2, 0.25) is 23.5 Å². The number of aliphatic imine (C=N–C) groups is 1. The summed E-state index contributed by atoms with van der Waals surface area (Å²) in [6.07, 6.45) is 7.30. The van der Waals surface area contributed by atoms with E-state index in [9.17, 15) is 19.2 Å². The number of nitrogen functional groups attached to an aromatic ring is 1. The molecule has 1 saturated carbocycles. The van der Waals surface area contributed by atoms with Gasteiger partial charge in [-0.25, -0.2) is 4.98 Å². The van der Waals surface area contributed by atoms with Gasteiger partial charge in [-0.05, 0) is 30.7 Å². The number of rotatable bonds is 15. The Morgan fingerprint density at radius 3 is 2.21 bits per heavy atom. The quantitative estimate of drug-likeness (QED) is 0.0575. The number of primary amides is 1. The van der Waals surface area contributed by atoms with E-state index in [0.717, 1.165) is 42.5 Å². The second kappa shape index (κ2) is 15.9. The van der Waals surface area contributed by atoms with Crippen LogP contribution in [0.4, 0.5) is 0 Å². The lowest BCUT2D eigenvalue weighted by Crippen LogP contribution is -2.57. The van der Waals surface area contributed by atoms with Crippen LogP contribution in [0.2, 0.25) is 0 Å². The first kappa shape index (κ1) is 31.8. The first-order valence-electron chi connectivity index (χ1n) is 14.1. The van der Waals surface area contributed by atoms with E-state index in [4.69, 9.17) is 23.0 Å². The average Bonchev–Trinajstić information content (AvgIpc) is 3.41. The summed E-state index contributed by atoms with van der Waals surface area (Å²) in [5, 5.41) is 11.9. The van der Waals surface area contributed by atoms with Gasteiger partial charge in [-0.1, -0.05) is 62.4 Å². The number of guanidine groups is 1. The summed E-state index contributed by atoms with van der Waals surface area (Å²) in [6.45, 7) is 0.223. The van der Waals surface area contributed by atoms with Gasteiger partial charge in [0.25, 0.3) is 5.91 Å². The van der Waals surface area contributed by atoms with Gasteiger partial charge in [0.05, 0.1) is 0 Å². The highest BCUT2D eigenvalue weighted by Crippen LogP contribution is 2.27. The second-order valence-electron chi connectivity index (χ2n) is 10.5. The summed E-state index contributed by atoms with van der Waals surface area (Å²) < 4.78 is 0.